The molecule has 2 N–H and O–H groups in total. The van der Waals surface area contributed by atoms with E-state index in [9.17, 15) is 9.59 Å². The summed E-state index contributed by atoms with van der Waals surface area (Å²) in [5, 5.41) is 5.46. The van der Waals surface area contributed by atoms with Crippen LogP contribution in [0.15, 0.2) is 54.6 Å². The van der Waals surface area contributed by atoms with Crippen LogP contribution in [-0.2, 0) is 9.59 Å². The maximum atomic E-state index is 12.1. The molecule has 1 aliphatic heterocycles. The van der Waals surface area contributed by atoms with Crippen LogP contribution in [0.3, 0.4) is 0 Å². The van der Waals surface area contributed by atoms with Gasteiger partial charge in [0.25, 0.3) is 0 Å². The van der Waals surface area contributed by atoms with E-state index in [0.29, 0.717) is 6.54 Å². The van der Waals surface area contributed by atoms with Crippen LogP contribution in [0, 0.1) is 0 Å². The number of nitrogens with one attached hydrogen (secondary N) is 2. The number of para-hydroxylation sites is 2. The molecule has 0 aliphatic carbocycles. The van der Waals surface area contributed by atoms with E-state index in [1.807, 2.05) is 55.5 Å². The molecule has 3 rings (SSSR count). The predicted molar refractivity (Wildman–Crippen MR) is 122 cm³/mol. The Morgan fingerprint density at radius 2 is 1.65 bits per heavy atom. The number of ether oxygens (including phenoxy) is 1. The lowest BCUT2D eigenvalue weighted by atomic mass is 10.1. The summed E-state index contributed by atoms with van der Waals surface area (Å²) in [5.41, 5.74) is 2.10. The van der Waals surface area contributed by atoms with Gasteiger partial charge in [-0.15, -0.1) is 0 Å². The molecule has 1 atom stereocenters. The Bertz CT molecular complexity index is 851. The Hall–Kier alpha value is -3.06. The average Bonchev–Trinajstić information content (AvgIpc) is 2.82. The van der Waals surface area contributed by atoms with Crippen LogP contribution in [0.2, 0.25) is 0 Å². The van der Waals surface area contributed by atoms with E-state index < -0.39 is 11.8 Å². The molecule has 7 heteroatoms. The van der Waals surface area contributed by atoms with Crippen LogP contribution in [0.1, 0.15) is 24.9 Å². The molecule has 1 heterocycles. The third-order valence-corrected chi connectivity index (χ3v) is 5.59. The molecular formula is C24H32N4O3. The topological polar surface area (TPSA) is 73.9 Å². The summed E-state index contributed by atoms with van der Waals surface area (Å²) in [6.45, 7) is 7.03. The number of nitrogens with zero attached hydrogens (tertiary/aromatic N) is 2. The molecule has 31 heavy (non-hydrogen) atoms. The fourth-order valence-electron chi connectivity index (χ4n) is 3.78. The molecule has 7 nitrogen and oxygen atoms in total. The molecule has 0 saturated carbocycles. The van der Waals surface area contributed by atoms with E-state index >= 15 is 0 Å². The Morgan fingerprint density at radius 3 is 2.35 bits per heavy atom. The van der Waals surface area contributed by atoms with E-state index in [-0.39, 0.29) is 6.04 Å². The van der Waals surface area contributed by atoms with Crippen molar-refractivity contribution in [2.45, 2.75) is 19.4 Å². The molecule has 1 fully saturated rings. The highest BCUT2D eigenvalue weighted by atomic mass is 16.5. The van der Waals surface area contributed by atoms with Crippen molar-refractivity contribution in [2.24, 2.45) is 0 Å². The standard InChI is InChI=1S/C24H32N4O3/c1-19(20-9-4-3-5-10-20)26-24(30)23(29)25-13-8-14-27-15-17-28(18-16-27)21-11-6-7-12-22(21)31-2/h3-7,9-12,19H,8,13-18H2,1-2H3,(H,25,29)(H,26,30). The minimum Gasteiger partial charge on any atom is -0.495 e. The first-order chi connectivity index (χ1) is 15.1. The summed E-state index contributed by atoms with van der Waals surface area (Å²) < 4.78 is 5.47. The van der Waals surface area contributed by atoms with Gasteiger partial charge in [-0.2, -0.15) is 0 Å². The van der Waals surface area contributed by atoms with E-state index in [1.54, 1.807) is 7.11 Å². The normalized spacial score (nSPS) is 15.2. The van der Waals surface area contributed by atoms with Gasteiger partial charge in [-0.05, 0) is 37.6 Å². The van der Waals surface area contributed by atoms with Gasteiger partial charge >= 0.3 is 11.8 Å². The molecule has 0 bridgehead atoms. The van der Waals surface area contributed by atoms with Crippen molar-refractivity contribution in [3.8, 4) is 5.75 Å². The molecule has 0 aromatic heterocycles. The first kappa shape index (κ1) is 22.6. The second-order valence-electron chi connectivity index (χ2n) is 7.72. The van der Waals surface area contributed by atoms with Gasteiger partial charge in [0, 0.05) is 32.7 Å². The van der Waals surface area contributed by atoms with Gasteiger partial charge in [0.2, 0.25) is 0 Å². The highest BCUT2D eigenvalue weighted by molar-refractivity contribution is 6.35. The Morgan fingerprint density at radius 1 is 0.968 bits per heavy atom. The summed E-state index contributed by atoms with van der Waals surface area (Å²) in [5.74, 6) is -0.274. The van der Waals surface area contributed by atoms with Crippen molar-refractivity contribution >= 4 is 17.5 Å². The molecule has 2 aromatic rings. The fraction of sp³-hybridized carbons (Fsp3) is 0.417. The molecule has 1 aliphatic rings. The molecule has 0 spiro atoms. The van der Waals surface area contributed by atoms with Crippen LogP contribution in [-0.4, -0.2) is 63.1 Å². The lowest BCUT2D eigenvalue weighted by molar-refractivity contribution is -0.139. The quantitative estimate of drug-likeness (QED) is 0.502. The first-order valence-corrected chi connectivity index (χ1v) is 10.8. The maximum Gasteiger partial charge on any atom is 0.309 e. The van der Waals surface area contributed by atoms with Crippen LogP contribution < -0.4 is 20.3 Å². The van der Waals surface area contributed by atoms with Crippen molar-refractivity contribution < 1.29 is 14.3 Å². The SMILES string of the molecule is COc1ccccc1N1CCN(CCCNC(=O)C(=O)NC(C)c2ccccc2)CC1. The van der Waals surface area contributed by atoms with E-state index in [4.69, 9.17) is 4.74 Å². The van der Waals surface area contributed by atoms with Crippen LogP contribution in [0.4, 0.5) is 5.69 Å². The Balaban J connectivity index is 1.33. The molecular weight excluding hydrogens is 392 g/mol. The largest absolute Gasteiger partial charge is 0.495 e. The van der Waals surface area contributed by atoms with Crippen molar-refractivity contribution in [1.29, 1.82) is 0 Å². The van der Waals surface area contributed by atoms with Gasteiger partial charge < -0.3 is 20.3 Å². The highest BCUT2D eigenvalue weighted by Gasteiger charge is 2.20. The van der Waals surface area contributed by atoms with Crippen LogP contribution in [0.5, 0.6) is 5.75 Å². The monoisotopic (exact) mass is 424 g/mol. The molecule has 0 radical (unpaired) electrons. The van der Waals surface area contributed by atoms with E-state index in [1.165, 1.54) is 0 Å². The first-order valence-electron chi connectivity index (χ1n) is 10.8. The maximum absolute atomic E-state index is 12.1. The van der Waals surface area contributed by atoms with Crippen molar-refractivity contribution in [1.82, 2.24) is 15.5 Å². The number of carbonyl (C=O) groups is 2. The van der Waals surface area contributed by atoms with Gasteiger partial charge in [0.1, 0.15) is 5.75 Å². The number of hydrogen-bond acceptors (Lipinski definition) is 5. The number of benzene rings is 2. The van der Waals surface area contributed by atoms with Gasteiger partial charge in [-0.1, -0.05) is 42.5 Å². The molecule has 1 unspecified atom stereocenters. The van der Waals surface area contributed by atoms with Crippen molar-refractivity contribution in [3.05, 3.63) is 60.2 Å². The highest BCUT2D eigenvalue weighted by Crippen LogP contribution is 2.28. The van der Waals surface area contributed by atoms with E-state index in [0.717, 1.165) is 56.1 Å². The number of piperazine rings is 1. The second kappa shape index (κ2) is 11.4. The zero-order valence-corrected chi connectivity index (χ0v) is 18.3. The summed E-state index contributed by atoms with van der Waals surface area (Å²) in [7, 11) is 1.70. The third-order valence-electron chi connectivity index (χ3n) is 5.59. The summed E-state index contributed by atoms with van der Waals surface area (Å²) in [4.78, 5) is 28.9. The minimum absolute atomic E-state index is 0.209. The van der Waals surface area contributed by atoms with Crippen molar-refractivity contribution in [2.75, 3.05) is 51.3 Å². The summed E-state index contributed by atoms with van der Waals surface area (Å²) in [6.07, 6.45) is 0.807. The summed E-state index contributed by atoms with van der Waals surface area (Å²) >= 11 is 0. The van der Waals surface area contributed by atoms with E-state index in [2.05, 4.69) is 26.5 Å². The number of amides is 2. The molecule has 2 aromatic carbocycles. The number of hydrogen-bond donors (Lipinski definition) is 2. The minimum atomic E-state index is -0.596. The smallest absolute Gasteiger partial charge is 0.309 e. The molecule has 2 amide bonds. The predicted octanol–water partition coefficient (Wildman–Crippen LogP) is 2.20. The van der Waals surface area contributed by atoms with Gasteiger partial charge in [0.15, 0.2) is 0 Å². The second-order valence-corrected chi connectivity index (χ2v) is 7.72. The Kier molecular flexibility index (Phi) is 8.29. The van der Waals surface area contributed by atoms with Crippen molar-refractivity contribution in [3.63, 3.8) is 0 Å². The zero-order chi connectivity index (χ0) is 22.1. The van der Waals surface area contributed by atoms with Gasteiger partial charge in [0.05, 0.1) is 18.8 Å². The van der Waals surface area contributed by atoms with Gasteiger partial charge in [-0.25, -0.2) is 0 Å². The number of anilines is 1. The lowest BCUT2D eigenvalue weighted by Crippen LogP contribution is -2.47. The fourth-order valence-corrected chi connectivity index (χ4v) is 3.78. The number of methoxy groups -OCH3 is 1. The summed E-state index contributed by atoms with van der Waals surface area (Å²) in [6, 6.07) is 17.5. The molecule has 1 saturated heterocycles. The number of carbonyl (C=O) groups excluding carboxylic acids is 2. The van der Waals surface area contributed by atoms with Gasteiger partial charge in [-0.3, -0.25) is 14.5 Å². The van der Waals surface area contributed by atoms with Crippen LogP contribution in [0.25, 0.3) is 0 Å². The average molecular weight is 425 g/mol. The Labute approximate surface area is 184 Å². The van der Waals surface area contributed by atoms with Crippen LogP contribution >= 0.6 is 0 Å². The zero-order valence-electron chi connectivity index (χ0n) is 18.3. The lowest BCUT2D eigenvalue weighted by Gasteiger charge is -2.36. The molecule has 166 valence electrons. The third kappa shape index (κ3) is 6.46. The number of rotatable bonds is 8.